The maximum Gasteiger partial charge on any atom is 0.350 e. The molecule has 1 aliphatic rings. The van der Waals surface area contributed by atoms with Crippen molar-refractivity contribution in [3.05, 3.63) is 10.6 Å². The third-order valence-corrected chi connectivity index (χ3v) is 8.33. The van der Waals surface area contributed by atoms with Crippen LogP contribution in [0.1, 0.15) is 68.2 Å². The highest BCUT2D eigenvalue weighted by molar-refractivity contribution is 7.89. The summed E-state index contributed by atoms with van der Waals surface area (Å²) in [4.78, 5) is 32.1. The second-order valence-corrected chi connectivity index (χ2v) is 10.6. The van der Waals surface area contributed by atoms with E-state index in [2.05, 4.69) is 11.9 Å². The van der Waals surface area contributed by atoms with Crippen molar-refractivity contribution in [3.8, 4) is 0 Å². The Hall–Kier alpha value is -1.52. The van der Waals surface area contributed by atoms with E-state index in [1.165, 1.54) is 15.6 Å². The second-order valence-electron chi connectivity index (χ2n) is 7.40. The molecule has 0 aromatic carbocycles. The van der Waals surface area contributed by atoms with Crippen LogP contribution in [0.5, 0.6) is 0 Å². The zero-order chi connectivity index (χ0) is 22.3. The van der Waals surface area contributed by atoms with Gasteiger partial charge in [-0.1, -0.05) is 31.1 Å². The maximum absolute atomic E-state index is 13.3. The standard InChI is InChI=1S/C20H33N3O5S2/c1-5-8-9-12-23(20-21-15(4)17(29-20)19(25)28-6-2)18(24)16-10-13-22(14-11-16)30(26,27)7-3/h16H,5-14H2,1-4H3. The van der Waals surface area contributed by atoms with Gasteiger partial charge in [0.2, 0.25) is 15.9 Å². The molecule has 2 heterocycles. The van der Waals surface area contributed by atoms with Crippen LogP contribution in [-0.4, -0.2) is 61.6 Å². The molecule has 10 heteroatoms. The van der Waals surface area contributed by atoms with Crippen molar-refractivity contribution in [2.75, 3.05) is 36.9 Å². The van der Waals surface area contributed by atoms with Gasteiger partial charge in [-0.2, -0.15) is 0 Å². The first-order valence-electron chi connectivity index (χ1n) is 10.7. The zero-order valence-electron chi connectivity index (χ0n) is 18.3. The number of anilines is 1. The summed E-state index contributed by atoms with van der Waals surface area (Å²) in [6, 6.07) is 0. The number of carbonyl (C=O) groups is 2. The number of aromatic nitrogens is 1. The third-order valence-electron chi connectivity index (χ3n) is 5.29. The van der Waals surface area contributed by atoms with Crippen molar-refractivity contribution in [2.45, 2.75) is 59.8 Å². The Morgan fingerprint density at radius 3 is 2.43 bits per heavy atom. The topological polar surface area (TPSA) is 96.9 Å². The number of nitrogens with zero attached hydrogens (tertiary/aromatic N) is 3. The molecule has 1 amide bonds. The van der Waals surface area contributed by atoms with E-state index in [1.54, 1.807) is 25.7 Å². The summed E-state index contributed by atoms with van der Waals surface area (Å²) in [5, 5.41) is 0.514. The van der Waals surface area contributed by atoms with Crippen LogP contribution in [-0.2, 0) is 19.6 Å². The minimum absolute atomic E-state index is 0.0381. The Kier molecular flexibility index (Phi) is 9.24. The molecule has 1 fully saturated rings. The van der Waals surface area contributed by atoms with Crippen LogP contribution in [0.25, 0.3) is 0 Å². The number of hydrogen-bond donors (Lipinski definition) is 0. The number of rotatable bonds is 10. The summed E-state index contributed by atoms with van der Waals surface area (Å²) in [5.41, 5.74) is 0.561. The first kappa shape index (κ1) is 24.7. The van der Waals surface area contributed by atoms with Crippen LogP contribution in [0.2, 0.25) is 0 Å². The average Bonchev–Trinajstić information content (AvgIpc) is 3.12. The van der Waals surface area contributed by atoms with Crippen molar-refractivity contribution < 1.29 is 22.7 Å². The van der Waals surface area contributed by atoms with Crippen molar-refractivity contribution in [3.63, 3.8) is 0 Å². The lowest BCUT2D eigenvalue weighted by Gasteiger charge is -2.32. The van der Waals surface area contributed by atoms with Crippen molar-refractivity contribution >= 4 is 38.4 Å². The van der Waals surface area contributed by atoms with Gasteiger partial charge in [0, 0.05) is 25.6 Å². The fourth-order valence-electron chi connectivity index (χ4n) is 3.49. The molecule has 2 rings (SSSR count). The molecule has 1 aliphatic heterocycles. The van der Waals surface area contributed by atoms with Crippen molar-refractivity contribution in [1.29, 1.82) is 0 Å². The fraction of sp³-hybridized carbons (Fsp3) is 0.750. The summed E-state index contributed by atoms with van der Waals surface area (Å²) in [6.07, 6.45) is 3.86. The number of carbonyl (C=O) groups excluding carboxylic acids is 2. The van der Waals surface area contributed by atoms with E-state index in [4.69, 9.17) is 4.74 Å². The van der Waals surface area contributed by atoms with Gasteiger partial charge in [-0.15, -0.1) is 0 Å². The van der Waals surface area contributed by atoms with Crippen molar-refractivity contribution in [2.24, 2.45) is 5.92 Å². The van der Waals surface area contributed by atoms with Crippen LogP contribution in [0, 0.1) is 12.8 Å². The average molecular weight is 460 g/mol. The lowest BCUT2D eigenvalue weighted by molar-refractivity contribution is -0.123. The number of unbranched alkanes of at least 4 members (excludes halogenated alkanes) is 2. The molecule has 0 unspecified atom stereocenters. The van der Waals surface area contributed by atoms with Gasteiger partial charge in [-0.3, -0.25) is 9.69 Å². The molecular formula is C20H33N3O5S2. The molecule has 1 aromatic rings. The van der Waals surface area contributed by atoms with Crippen LogP contribution >= 0.6 is 11.3 Å². The lowest BCUT2D eigenvalue weighted by atomic mass is 9.96. The molecule has 0 radical (unpaired) electrons. The molecule has 30 heavy (non-hydrogen) atoms. The number of esters is 1. The first-order chi connectivity index (χ1) is 14.2. The van der Waals surface area contributed by atoms with Gasteiger partial charge in [-0.25, -0.2) is 22.5 Å². The van der Waals surface area contributed by atoms with E-state index < -0.39 is 16.0 Å². The predicted molar refractivity (Wildman–Crippen MR) is 118 cm³/mol. The summed E-state index contributed by atoms with van der Waals surface area (Å²) >= 11 is 1.19. The molecular weight excluding hydrogens is 426 g/mol. The number of amides is 1. The van der Waals surface area contributed by atoms with Gasteiger partial charge in [0.15, 0.2) is 5.13 Å². The number of ether oxygens (including phenoxy) is 1. The molecule has 0 atom stereocenters. The van der Waals surface area contributed by atoms with E-state index >= 15 is 0 Å². The molecule has 8 nitrogen and oxygen atoms in total. The van der Waals surface area contributed by atoms with Gasteiger partial charge in [0.05, 0.1) is 18.1 Å². The minimum atomic E-state index is -3.23. The van der Waals surface area contributed by atoms with Gasteiger partial charge in [0.1, 0.15) is 4.88 Å². The smallest absolute Gasteiger partial charge is 0.350 e. The van der Waals surface area contributed by atoms with Gasteiger partial charge >= 0.3 is 5.97 Å². The van der Waals surface area contributed by atoms with Crippen LogP contribution in [0.15, 0.2) is 0 Å². The largest absolute Gasteiger partial charge is 0.462 e. The minimum Gasteiger partial charge on any atom is -0.462 e. The molecule has 0 aliphatic carbocycles. The Labute approximate surface area is 183 Å². The fourth-order valence-corrected chi connectivity index (χ4v) is 5.61. The zero-order valence-corrected chi connectivity index (χ0v) is 20.0. The number of sulfonamides is 1. The predicted octanol–water partition coefficient (Wildman–Crippen LogP) is 3.21. The van der Waals surface area contributed by atoms with Gasteiger partial charge in [0.25, 0.3) is 0 Å². The Morgan fingerprint density at radius 1 is 1.20 bits per heavy atom. The summed E-state index contributed by atoms with van der Waals surface area (Å²) in [7, 11) is -3.23. The highest BCUT2D eigenvalue weighted by Gasteiger charge is 2.34. The lowest BCUT2D eigenvalue weighted by Crippen LogP contribution is -2.45. The van der Waals surface area contributed by atoms with Crippen LogP contribution in [0.4, 0.5) is 5.13 Å². The quantitative estimate of drug-likeness (QED) is 0.394. The SMILES string of the molecule is CCCCCN(C(=O)C1CCN(S(=O)(=O)CC)CC1)c1nc(C)c(C(=O)OCC)s1. The highest BCUT2D eigenvalue weighted by Crippen LogP contribution is 2.30. The Bertz CT molecular complexity index is 829. The van der Waals surface area contributed by atoms with E-state index in [9.17, 15) is 18.0 Å². The van der Waals surface area contributed by atoms with Crippen LogP contribution < -0.4 is 4.90 Å². The van der Waals surface area contributed by atoms with E-state index in [1.807, 2.05) is 0 Å². The summed E-state index contributed by atoms with van der Waals surface area (Å²) < 4.78 is 30.8. The number of piperidine rings is 1. The second kappa shape index (κ2) is 11.2. The summed E-state index contributed by atoms with van der Waals surface area (Å²) in [6.45, 7) is 8.77. The number of thiazole rings is 1. The molecule has 0 bridgehead atoms. The van der Waals surface area contributed by atoms with E-state index in [-0.39, 0.29) is 24.2 Å². The molecule has 1 saturated heterocycles. The normalized spacial score (nSPS) is 15.9. The molecule has 0 N–H and O–H groups in total. The van der Waals surface area contributed by atoms with E-state index in [0.717, 1.165) is 19.3 Å². The van der Waals surface area contributed by atoms with Gasteiger partial charge in [-0.05, 0) is 40.0 Å². The van der Waals surface area contributed by atoms with E-state index in [0.29, 0.717) is 48.2 Å². The number of hydrogen-bond acceptors (Lipinski definition) is 7. The molecule has 0 saturated carbocycles. The third kappa shape index (κ3) is 6.01. The maximum atomic E-state index is 13.3. The Balaban J connectivity index is 2.18. The first-order valence-corrected chi connectivity index (χ1v) is 13.1. The highest BCUT2D eigenvalue weighted by atomic mass is 32.2. The van der Waals surface area contributed by atoms with Crippen LogP contribution in [0.3, 0.4) is 0 Å². The van der Waals surface area contributed by atoms with Crippen molar-refractivity contribution in [1.82, 2.24) is 9.29 Å². The summed E-state index contributed by atoms with van der Waals surface area (Å²) in [5.74, 6) is -0.629. The molecule has 170 valence electrons. The van der Waals surface area contributed by atoms with Gasteiger partial charge < -0.3 is 4.74 Å². The number of aryl methyl sites for hydroxylation is 1. The Morgan fingerprint density at radius 2 is 1.87 bits per heavy atom. The molecule has 1 aromatic heterocycles. The monoisotopic (exact) mass is 459 g/mol. The molecule has 0 spiro atoms.